The van der Waals surface area contributed by atoms with E-state index in [1.54, 1.807) is 0 Å². The van der Waals surface area contributed by atoms with Crippen molar-refractivity contribution in [2.45, 2.75) is 24.1 Å². The Hall–Kier alpha value is -1.03. The molecule has 96 valence electrons. The molecule has 1 amide bonds. The van der Waals surface area contributed by atoms with E-state index < -0.39 is 0 Å². The van der Waals surface area contributed by atoms with Crippen molar-refractivity contribution in [2.75, 3.05) is 19.7 Å². The molecule has 1 atom stereocenters. The number of likely N-dealkylation sites (tertiary alicyclic amines) is 1. The minimum absolute atomic E-state index is 0.265. The van der Waals surface area contributed by atoms with E-state index >= 15 is 0 Å². The fourth-order valence-corrected chi connectivity index (χ4v) is 3.23. The standard InChI is InChI=1S/C14H16BrNO2/c15-12-8-14(17)16(9-12)5-3-10-1-2-13-11(7-10)4-6-18-13/h1-2,7,12H,3-6,8-9H2. The number of carbonyl (C=O) groups excluding carboxylic acids is 1. The van der Waals surface area contributed by atoms with Crippen LogP contribution in [0, 0.1) is 0 Å². The Balaban J connectivity index is 1.62. The number of halogens is 1. The summed E-state index contributed by atoms with van der Waals surface area (Å²) >= 11 is 3.51. The maximum Gasteiger partial charge on any atom is 0.223 e. The molecule has 0 saturated carbocycles. The van der Waals surface area contributed by atoms with Gasteiger partial charge in [0.15, 0.2) is 0 Å². The van der Waals surface area contributed by atoms with Crippen LogP contribution in [0.5, 0.6) is 5.75 Å². The second-order valence-corrected chi connectivity index (χ2v) is 6.23. The highest BCUT2D eigenvalue weighted by Crippen LogP contribution is 2.26. The zero-order valence-electron chi connectivity index (χ0n) is 10.2. The van der Waals surface area contributed by atoms with Gasteiger partial charge >= 0.3 is 0 Å². The van der Waals surface area contributed by atoms with Gasteiger partial charge in [-0.05, 0) is 23.6 Å². The summed E-state index contributed by atoms with van der Waals surface area (Å²) in [5.74, 6) is 1.29. The van der Waals surface area contributed by atoms with Crippen molar-refractivity contribution in [3.05, 3.63) is 29.3 Å². The third-order valence-electron chi connectivity index (χ3n) is 3.59. The fraction of sp³-hybridized carbons (Fsp3) is 0.500. The Labute approximate surface area is 115 Å². The minimum Gasteiger partial charge on any atom is -0.493 e. The monoisotopic (exact) mass is 309 g/mol. The summed E-state index contributed by atoms with van der Waals surface area (Å²) in [5.41, 5.74) is 2.60. The van der Waals surface area contributed by atoms with E-state index in [4.69, 9.17) is 4.74 Å². The lowest BCUT2D eigenvalue weighted by atomic mass is 10.1. The molecule has 0 spiro atoms. The van der Waals surface area contributed by atoms with E-state index in [9.17, 15) is 4.79 Å². The molecule has 1 unspecified atom stereocenters. The number of ether oxygens (including phenoxy) is 1. The summed E-state index contributed by atoms with van der Waals surface area (Å²) in [7, 11) is 0. The highest BCUT2D eigenvalue weighted by atomic mass is 79.9. The SMILES string of the molecule is O=C1CC(Br)CN1CCc1ccc2c(c1)CCO2. The highest BCUT2D eigenvalue weighted by molar-refractivity contribution is 9.09. The number of alkyl halides is 1. The smallest absolute Gasteiger partial charge is 0.223 e. The molecular weight excluding hydrogens is 294 g/mol. The lowest BCUT2D eigenvalue weighted by Crippen LogP contribution is -2.27. The molecule has 3 rings (SSSR count). The van der Waals surface area contributed by atoms with Gasteiger partial charge in [-0.25, -0.2) is 0 Å². The van der Waals surface area contributed by atoms with E-state index in [2.05, 4.69) is 34.1 Å². The van der Waals surface area contributed by atoms with Crippen LogP contribution in [-0.2, 0) is 17.6 Å². The molecule has 2 heterocycles. The molecule has 1 aromatic carbocycles. The first-order chi connectivity index (χ1) is 8.72. The van der Waals surface area contributed by atoms with Crippen LogP contribution in [0.25, 0.3) is 0 Å². The van der Waals surface area contributed by atoms with Gasteiger partial charge in [-0.1, -0.05) is 28.1 Å². The number of hydrogen-bond donors (Lipinski definition) is 0. The number of hydrogen-bond acceptors (Lipinski definition) is 2. The second kappa shape index (κ2) is 4.92. The van der Waals surface area contributed by atoms with Crippen molar-refractivity contribution in [3.63, 3.8) is 0 Å². The van der Waals surface area contributed by atoms with Gasteiger partial charge in [0.05, 0.1) is 6.61 Å². The molecule has 2 aliphatic heterocycles. The summed E-state index contributed by atoms with van der Waals surface area (Å²) in [6.45, 7) is 2.46. The maximum atomic E-state index is 11.7. The second-order valence-electron chi connectivity index (χ2n) is 4.93. The molecule has 0 bridgehead atoms. The highest BCUT2D eigenvalue weighted by Gasteiger charge is 2.27. The Morgan fingerprint density at radius 2 is 2.33 bits per heavy atom. The predicted octanol–water partition coefficient (Wildman–Crippen LogP) is 2.16. The third-order valence-corrected chi connectivity index (χ3v) is 4.20. The van der Waals surface area contributed by atoms with Crippen molar-refractivity contribution in [3.8, 4) is 5.75 Å². The molecule has 2 aliphatic rings. The first-order valence-corrected chi connectivity index (χ1v) is 7.30. The van der Waals surface area contributed by atoms with Gasteiger partial charge in [0.1, 0.15) is 5.75 Å². The number of fused-ring (bicyclic) bond motifs is 1. The first-order valence-electron chi connectivity index (χ1n) is 6.39. The molecule has 1 saturated heterocycles. The molecule has 3 nitrogen and oxygen atoms in total. The fourth-order valence-electron chi connectivity index (χ4n) is 2.60. The van der Waals surface area contributed by atoms with E-state index in [-0.39, 0.29) is 5.91 Å². The number of nitrogens with zero attached hydrogens (tertiary/aromatic N) is 1. The molecule has 4 heteroatoms. The largest absolute Gasteiger partial charge is 0.493 e. The Bertz CT molecular complexity index is 475. The van der Waals surface area contributed by atoms with Crippen LogP contribution in [0.2, 0.25) is 0 Å². The number of benzene rings is 1. The first kappa shape index (κ1) is 12.0. The summed E-state index contributed by atoms with van der Waals surface area (Å²) in [6, 6.07) is 6.38. The average Bonchev–Trinajstić information content (AvgIpc) is 2.92. The number of rotatable bonds is 3. The summed E-state index contributed by atoms with van der Waals surface area (Å²) < 4.78 is 5.49. The molecule has 0 aliphatic carbocycles. The van der Waals surface area contributed by atoms with Crippen molar-refractivity contribution in [2.24, 2.45) is 0 Å². The quantitative estimate of drug-likeness (QED) is 0.801. The third kappa shape index (κ3) is 2.39. The summed E-state index contributed by atoms with van der Waals surface area (Å²) in [5, 5.41) is 0. The van der Waals surface area contributed by atoms with Crippen LogP contribution in [0.3, 0.4) is 0 Å². The Kier molecular flexibility index (Phi) is 3.29. The lowest BCUT2D eigenvalue weighted by molar-refractivity contribution is -0.127. The molecule has 0 aromatic heterocycles. The van der Waals surface area contributed by atoms with Crippen molar-refractivity contribution >= 4 is 21.8 Å². The van der Waals surface area contributed by atoms with Gasteiger partial charge < -0.3 is 9.64 Å². The van der Waals surface area contributed by atoms with Crippen LogP contribution in [0.4, 0.5) is 0 Å². The molecule has 0 radical (unpaired) electrons. The van der Waals surface area contributed by atoms with Crippen molar-refractivity contribution < 1.29 is 9.53 Å². The average molecular weight is 310 g/mol. The normalized spacial score (nSPS) is 22.2. The number of carbonyl (C=O) groups is 1. The van der Waals surface area contributed by atoms with Gasteiger partial charge in [-0.3, -0.25) is 4.79 Å². The van der Waals surface area contributed by atoms with Crippen molar-refractivity contribution in [1.82, 2.24) is 4.90 Å². The van der Waals surface area contributed by atoms with Crippen LogP contribution < -0.4 is 4.74 Å². The van der Waals surface area contributed by atoms with Gasteiger partial charge in [0.2, 0.25) is 5.91 Å². The summed E-state index contributed by atoms with van der Waals surface area (Å²) in [4.78, 5) is 13.9. The van der Waals surface area contributed by atoms with E-state index in [1.165, 1.54) is 11.1 Å². The molecule has 18 heavy (non-hydrogen) atoms. The molecule has 1 fully saturated rings. The van der Waals surface area contributed by atoms with Crippen molar-refractivity contribution in [1.29, 1.82) is 0 Å². The lowest BCUT2D eigenvalue weighted by Gasteiger charge is -2.15. The summed E-state index contributed by atoms with van der Waals surface area (Å²) in [6.07, 6.45) is 2.58. The van der Waals surface area contributed by atoms with Crippen LogP contribution in [0.15, 0.2) is 18.2 Å². The van der Waals surface area contributed by atoms with E-state index in [1.807, 2.05) is 4.90 Å². The van der Waals surface area contributed by atoms with Gasteiger partial charge in [-0.15, -0.1) is 0 Å². The van der Waals surface area contributed by atoms with Crippen LogP contribution >= 0.6 is 15.9 Å². The minimum atomic E-state index is 0.265. The molecule has 0 N–H and O–H groups in total. The Morgan fingerprint density at radius 1 is 1.44 bits per heavy atom. The topological polar surface area (TPSA) is 29.5 Å². The van der Waals surface area contributed by atoms with E-state index in [0.29, 0.717) is 11.2 Å². The van der Waals surface area contributed by atoms with Gasteiger partial charge in [0, 0.05) is 30.8 Å². The zero-order valence-corrected chi connectivity index (χ0v) is 11.8. The maximum absolute atomic E-state index is 11.7. The van der Waals surface area contributed by atoms with E-state index in [0.717, 1.165) is 38.3 Å². The number of amides is 1. The van der Waals surface area contributed by atoms with Crippen LogP contribution in [-0.4, -0.2) is 35.3 Å². The predicted molar refractivity (Wildman–Crippen MR) is 73.3 cm³/mol. The molecule has 1 aromatic rings. The van der Waals surface area contributed by atoms with Gasteiger partial charge in [-0.2, -0.15) is 0 Å². The Morgan fingerprint density at radius 3 is 3.11 bits per heavy atom. The van der Waals surface area contributed by atoms with Gasteiger partial charge in [0.25, 0.3) is 0 Å². The van der Waals surface area contributed by atoms with Crippen LogP contribution in [0.1, 0.15) is 17.5 Å². The zero-order chi connectivity index (χ0) is 12.5. The molecular formula is C14H16BrNO2.